The quantitative estimate of drug-likeness (QED) is 0.803. The molecule has 2 nitrogen and oxygen atoms in total. The fraction of sp³-hybridized carbons (Fsp3) is 0.467. The van der Waals surface area contributed by atoms with Crippen molar-refractivity contribution in [1.82, 2.24) is 5.32 Å². The molecule has 1 aliphatic carbocycles. The maximum Gasteiger partial charge on any atom is 0.120 e. The molecule has 0 heterocycles. The molecule has 0 spiro atoms. The Morgan fingerprint density at radius 1 is 1.47 bits per heavy atom. The summed E-state index contributed by atoms with van der Waals surface area (Å²) in [6, 6.07) is 6.98. The van der Waals surface area contributed by atoms with Crippen molar-refractivity contribution >= 4 is 0 Å². The Kier molecular flexibility index (Phi) is 4.21. The Hall–Kier alpha value is -1.28. The van der Waals surface area contributed by atoms with Crippen molar-refractivity contribution in [2.45, 2.75) is 32.2 Å². The van der Waals surface area contributed by atoms with Gasteiger partial charge in [-0.05, 0) is 56.5 Å². The topological polar surface area (TPSA) is 21.3 Å². The zero-order valence-electron chi connectivity index (χ0n) is 10.7. The summed E-state index contributed by atoms with van der Waals surface area (Å²) in [5.41, 5.74) is 2.88. The molecular formula is C15H21NO. The zero-order chi connectivity index (χ0) is 12.1. The smallest absolute Gasteiger partial charge is 0.120 e. The summed E-state index contributed by atoms with van der Waals surface area (Å²) in [6.07, 6.45) is 7.73. The number of allylic oxidation sites excluding steroid dienone is 1. The van der Waals surface area contributed by atoms with Gasteiger partial charge in [0.15, 0.2) is 0 Å². The lowest BCUT2D eigenvalue weighted by Crippen LogP contribution is -2.21. The van der Waals surface area contributed by atoms with E-state index in [1.807, 2.05) is 26.1 Å². The number of aryl methyl sites for hydroxylation is 1. The first-order valence-corrected chi connectivity index (χ1v) is 6.39. The van der Waals surface area contributed by atoms with Crippen molar-refractivity contribution < 1.29 is 4.74 Å². The van der Waals surface area contributed by atoms with Crippen molar-refractivity contribution in [3.63, 3.8) is 0 Å². The van der Waals surface area contributed by atoms with Crippen molar-refractivity contribution in [1.29, 1.82) is 0 Å². The predicted molar refractivity (Wildman–Crippen MR) is 71.5 cm³/mol. The van der Waals surface area contributed by atoms with Gasteiger partial charge in [-0.2, -0.15) is 0 Å². The van der Waals surface area contributed by atoms with Gasteiger partial charge in [0.1, 0.15) is 12.4 Å². The fourth-order valence-corrected chi connectivity index (χ4v) is 2.41. The summed E-state index contributed by atoms with van der Waals surface area (Å²) in [5, 5.41) is 3.39. The SMILES string of the molecule is C/C=C/COc1ccc2c(c1)C(NC)CCC2. The summed E-state index contributed by atoms with van der Waals surface area (Å²) >= 11 is 0. The van der Waals surface area contributed by atoms with Gasteiger partial charge in [0, 0.05) is 6.04 Å². The number of hydrogen-bond donors (Lipinski definition) is 1. The van der Waals surface area contributed by atoms with E-state index >= 15 is 0 Å². The molecule has 17 heavy (non-hydrogen) atoms. The Bertz CT molecular complexity index is 398. The highest BCUT2D eigenvalue weighted by Crippen LogP contribution is 2.32. The first kappa shape index (κ1) is 12.2. The average Bonchev–Trinajstić information content (AvgIpc) is 2.38. The van der Waals surface area contributed by atoms with Gasteiger partial charge in [-0.1, -0.05) is 18.2 Å². The van der Waals surface area contributed by atoms with Crippen LogP contribution in [0.2, 0.25) is 0 Å². The van der Waals surface area contributed by atoms with E-state index in [0.29, 0.717) is 12.6 Å². The lowest BCUT2D eigenvalue weighted by molar-refractivity contribution is 0.360. The van der Waals surface area contributed by atoms with Crippen molar-refractivity contribution in [2.24, 2.45) is 0 Å². The molecule has 1 aromatic carbocycles. The third-order valence-corrected chi connectivity index (χ3v) is 3.36. The van der Waals surface area contributed by atoms with Crippen LogP contribution < -0.4 is 10.1 Å². The van der Waals surface area contributed by atoms with Crippen LogP contribution in [0.15, 0.2) is 30.4 Å². The van der Waals surface area contributed by atoms with Crippen LogP contribution in [0, 0.1) is 0 Å². The number of rotatable bonds is 4. The molecular weight excluding hydrogens is 210 g/mol. The summed E-state index contributed by atoms with van der Waals surface area (Å²) < 4.78 is 5.69. The normalized spacial score (nSPS) is 19.3. The fourth-order valence-electron chi connectivity index (χ4n) is 2.41. The van der Waals surface area contributed by atoms with E-state index in [1.165, 1.54) is 30.4 Å². The summed E-state index contributed by atoms with van der Waals surface area (Å²) in [5.74, 6) is 0.976. The molecule has 0 aromatic heterocycles. The van der Waals surface area contributed by atoms with Crippen LogP contribution in [-0.2, 0) is 6.42 Å². The van der Waals surface area contributed by atoms with Gasteiger partial charge in [-0.25, -0.2) is 0 Å². The Labute approximate surface area is 104 Å². The summed E-state index contributed by atoms with van der Waals surface area (Å²) in [4.78, 5) is 0. The molecule has 1 aliphatic rings. The monoisotopic (exact) mass is 231 g/mol. The largest absolute Gasteiger partial charge is 0.490 e. The second kappa shape index (κ2) is 5.87. The molecule has 0 amide bonds. The van der Waals surface area contributed by atoms with E-state index in [2.05, 4.69) is 23.5 Å². The minimum atomic E-state index is 0.490. The first-order valence-electron chi connectivity index (χ1n) is 6.39. The molecule has 1 atom stereocenters. The maximum absolute atomic E-state index is 5.69. The van der Waals surface area contributed by atoms with E-state index in [1.54, 1.807) is 0 Å². The van der Waals surface area contributed by atoms with Gasteiger partial charge in [-0.15, -0.1) is 0 Å². The highest BCUT2D eigenvalue weighted by atomic mass is 16.5. The lowest BCUT2D eigenvalue weighted by Gasteiger charge is -2.25. The van der Waals surface area contributed by atoms with Crippen molar-refractivity contribution in [2.75, 3.05) is 13.7 Å². The molecule has 2 heteroatoms. The van der Waals surface area contributed by atoms with Crippen LogP contribution in [-0.4, -0.2) is 13.7 Å². The highest BCUT2D eigenvalue weighted by Gasteiger charge is 2.18. The number of ether oxygens (including phenoxy) is 1. The Balaban J connectivity index is 2.16. The average molecular weight is 231 g/mol. The Morgan fingerprint density at radius 2 is 2.35 bits per heavy atom. The number of fused-ring (bicyclic) bond motifs is 1. The van der Waals surface area contributed by atoms with E-state index in [4.69, 9.17) is 4.74 Å². The van der Waals surface area contributed by atoms with Gasteiger partial charge in [0.05, 0.1) is 0 Å². The van der Waals surface area contributed by atoms with E-state index in [-0.39, 0.29) is 0 Å². The van der Waals surface area contributed by atoms with Crippen LogP contribution in [0.3, 0.4) is 0 Å². The Morgan fingerprint density at radius 3 is 3.12 bits per heavy atom. The molecule has 1 unspecified atom stereocenters. The predicted octanol–water partition coefficient (Wildman–Crippen LogP) is 3.24. The van der Waals surface area contributed by atoms with Crippen LogP contribution in [0.5, 0.6) is 5.75 Å². The summed E-state index contributed by atoms with van der Waals surface area (Å²) in [6.45, 7) is 2.66. The van der Waals surface area contributed by atoms with E-state index < -0.39 is 0 Å². The number of nitrogens with one attached hydrogen (secondary N) is 1. The highest BCUT2D eigenvalue weighted by molar-refractivity contribution is 5.39. The van der Waals surface area contributed by atoms with Crippen LogP contribution in [0.4, 0.5) is 0 Å². The minimum Gasteiger partial charge on any atom is -0.490 e. The van der Waals surface area contributed by atoms with Crippen molar-refractivity contribution in [3.05, 3.63) is 41.5 Å². The number of benzene rings is 1. The van der Waals surface area contributed by atoms with Gasteiger partial charge >= 0.3 is 0 Å². The lowest BCUT2D eigenvalue weighted by atomic mass is 9.87. The molecule has 0 aliphatic heterocycles. The second-order valence-electron chi connectivity index (χ2n) is 4.47. The minimum absolute atomic E-state index is 0.490. The molecule has 1 aromatic rings. The van der Waals surface area contributed by atoms with E-state index in [0.717, 1.165) is 5.75 Å². The molecule has 92 valence electrons. The van der Waals surface area contributed by atoms with Crippen LogP contribution in [0.1, 0.15) is 36.9 Å². The standard InChI is InChI=1S/C15H21NO/c1-3-4-10-17-13-9-8-12-6-5-7-15(16-2)14(12)11-13/h3-4,8-9,11,15-16H,5-7,10H2,1-2H3/b4-3+. The second-order valence-corrected chi connectivity index (χ2v) is 4.47. The van der Waals surface area contributed by atoms with Crippen LogP contribution >= 0.6 is 0 Å². The van der Waals surface area contributed by atoms with Gasteiger partial charge < -0.3 is 10.1 Å². The maximum atomic E-state index is 5.69. The molecule has 0 radical (unpaired) electrons. The third kappa shape index (κ3) is 2.89. The van der Waals surface area contributed by atoms with Crippen molar-refractivity contribution in [3.8, 4) is 5.75 Å². The molecule has 2 rings (SSSR count). The van der Waals surface area contributed by atoms with Crippen LogP contribution in [0.25, 0.3) is 0 Å². The van der Waals surface area contributed by atoms with Gasteiger partial charge in [-0.3, -0.25) is 0 Å². The van der Waals surface area contributed by atoms with Gasteiger partial charge in [0.25, 0.3) is 0 Å². The number of hydrogen-bond acceptors (Lipinski definition) is 2. The summed E-state index contributed by atoms with van der Waals surface area (Å²) in [7, 11) is 2.03. The van der Waals surface area contributed by atoms with E-state index in [9.17, 15) is 0 Å². The third-order valence-electron chi connectivity index (χ3n) is 3.36. The zero-order valence-corrected chi connectivity index (χ0v) is 10.7. The van der Waals surface area contributed by atoms with Gasteiger partial charge in [0.2, 0.25) is 0 Å². The molecule has 0 saturated carbocycles. The molecule has 1 N–H and O–H groups in total. The molecule has 0 fully saturated rings. The first-order chi connectivity index (χ1) is 8.35. The molecule has 0 bridgehead atoms. The molecule has 0 saturated heterocycles.